The van der Waals surface area contributed by atoms with E-state index in [1.807, 2.05) is 20.8 Å². The fourth-order valence-electron chi connectivity index (χ4n) is 3.44. The van der Waals surface area contributed by atoms with Gasteiger partial charge >= 0.3 is 6.09 Å². The van der Waals surface area contributed by atoms with Crippen LogP contribution in [-0.4, -0.2) is 51.8 Å². The minimum Gasteiger partial charge on any atom is -0.446 e. The molecule has 1 N–H and O–H groups in total. The maximum Gasteiger partial charge on any atom is 0.407 e. The number of pyridine rings is 2. The molecule has 1 aliphatic heterocycles. The SMILES string of the molecule is CC(C)(C)NC(=O)OC1CCN(CCn2c(=O)ccc3ncc(C#N)cc32)CC1. The smallest absolute Gasteiger partial charge is 0.407 e. The number of hydrogen-bond donors (Lipinski definition) is 1. The Hall–Kier alpha value is -2.92. The summed E-state index contributed by atoms with van der Waals surface area (Å²) >= 11 is 0. The van der Waals surface area contributed by atoms with E-state index in [1.54, 1.807) is 16.7 Å². The fraction of sp³-hybridized carbons (Fsp3) is 0.524. The van der Waals surface area contributed by atoms with E-state index in [0.29, 0.717) is 29.7 Å². The second-order valence-corrected chi connectivity index (χ2v) is 8.38. The highest BCUT2D eigenvalue weighted by molar-refractivity contribution is 5.75. The maximum atomic E-state index is 12.4. The van der Waals surface area contributed by atoms with E-state index in [9.17, 15) is 9.59 Å². The van der Waals surface area contributed by atoms with E-state index in [2.05, 4.69) is 21.3 Å². The van der Waals surface area contributed by atoms with Crippen LogP contribution in [0.25, 0.3) is 11.0 Å². The molecule has 8 heteroatoms. The first kappa shape index (κ1) is 20.8. The summed E-state index contributed by atoms with van der Waals surface area (Å²) in [5.41, 5.74) is 1.38. The van der Waals surface area contributed by atoms with Gasteiger partial charge in [-0.2, -0.15) is 5.26 Å². The lowest BCUT2D eigenvalue weighted by molar-refractivity contribution is 0.0464. The number of amides is 1. The molecule has 2 aromatic heterocycles. The van der Waals surface area contributed by atoms with Gasteiger partial charge in [0.15, 0.2) is 0 Å². The van der Waals surface area contributed by atoms with Gasteiger partial charge in [-0.05, 0) is 45.7 Å². The number of nitrogens with zero attached hydrogens (tertiary/aromatic N) is 4. The lowest BCUT2D eigenvalue weighted by Gasteiger charge is -2.32. The summed E-state index contributed by atoms with van der Waals surface area (Å²) in [6.07, 6.45) is 2.58. The number of likely N-dealkylation sites (tertiary alicyclic amines) is 1. The van der Waals surface area contributed by atoms with Crippen molar-refractivity contribution in [3.8, 4) is 6.07 Å². The second kappa shape index (κ2) is 8.62. The topological polar surface area (TPSA) is 100 Å². The summed E-state index contributed by atoms with van der Waals surface area (Å²) in [6.45, 7) is 8.58. The monoisotopic (exact) mass is 397 g/mol. The third-order valence-corrected chi connectivity index (χ3v) is 4.89. The number of aromatic nitrogens is 2. The molecule has 29 heavy (non-hydrogen) atoms. The predicted molar refractivity (Wildman–Crippen MR) is 110 cm³/mol. The van der Waals surface area contributed by atoms with Crippen LogP contribution in [0.4, 0.5) is 4.79 Å². The zero-order valence-electron chi connectivity index (χ0n) is 17.1. The van der Waals surface area contributed by atoms with Crippen molar-refractivity contribution in [3.05, 3.63) is 40.3 Å². The number of rotatable bonds is 4. The summed E-state index contributed by atoms with van der Waals surface area (Å²) in [4.78, 5) is 30.8. The van der Waals surface area contributed by atoms with Gasteiger partial charge in [0, 0.05) is 44.0 Å². The van der Waals surface area contributed by atoms with E-state index in [-0.39, 0.29) is 23.3 Å². The van der Waals surface area contributed by atoms with Crippen molar-refractivity contribution in [3.63, 3.8) is 0 Å². The van der Waals surface area contributed by atoms with Gasteiger partial charge < -0.3 is 19.5 Å². The molecule has 154 valence electrons. The fourth-order valence-corrected chi connectivity index (χ4v) is 3.44. The van der Waals surface area contributed by atoms with Crippen molar-refractivity contribution in [2.24, 2.45) is 0 Å². The Morgan fingerprint density at radius 1 is 1.31 bits per heavy atom. The van der Waals surface area contributed by atoms with E-state index in [0.717, 1.165) is 25.9 Å². The van der Waals surface area contributed by atoms with Gasteiger partial charge in [-0.15, -0.1) is 0 Å². The van der Waals surface area contributed by atoms with Crippen LogP contribution in [0.3, 0.4) is 0 Å². The minimum atomic E-state index is -0.376. The van der Waals surface area contributed by atoms with Crippen molar-refractivity contribution in [1.82, 2.24) is 19.8 Å². The maximum absolute atomic E-state index is 12.4. The number of piperidine rings is 1. The van der Waals surface area contributed by atoms with Gasteiger partial charge in [-0.25, -0.2) is 4.79 Å². The molecule has 3 rings (SSSR count). The summed E-state index contributed by atoms with van der Waals surface area (Å²) in [7, 11) is 0. The molecule has 3 heterocycles. The number of hydrogen-bond acceptors (Lipinski definition) is 6. The van der Waals surface area contributed by atoms with E-state index in [4.69, 9.17) is 10.00 Å². The van der Waals surface area contributed by atoms with Gasteiger partial charge in [0.25, 0.3) is 5.56 Å². The Kier molecular flexibility index (Phi) is 6.18. The third kappa shape index (κ3) is 5.55. The Balaban J connectivity index is 1.57. The Morgan fingerprint density at radius 3 is 2.69 bits per heavy atom. The molecule has 0 bridgehead atoms. The lowest BCUT2D eigenvalue weighted by Crippen LogP contribution is -2.45. The second-order valence-electron chi connectivity index (χ2n) is 8.38. The van der Waals surface area contributed by atoms with E-state index in [1.165, 1.54) is 12.3 Å². The van der Waals surface area contributed by atoms with Crippen molar-refractivity contribution in [2.75, 3.05) is 19.6 Å². The van der Waals surface area contributed by atoms with Crippen LogP contribution in [-0.2, 0) is 11.3 Å². The van der Waals surface area contributed by atoms with Crippen LogP contribution in [0.15, 0.2) is 29.2 Å². The van der Waals surface area contributed by atoms with Crippen LogP contribution >= 0.6 is 0 Å². The molecule has 0 radical (unpaired) electrons. The first-order valence-electron chi connectivity index (χ1n) is 9.86. The average Bonchev–Trinajstić information content (AvgIpc) is 2.66. The van der Waals surface area contributed by atoms with Crippen molar-refractivity contribution >= 4 is 17.1 Å². The number of carbonyl (C=O) groups excluding carboxylic acids is 1. The minimum absolute atomic E-state index is 0.0868. The zero-order valence-corrected chi connectivity index (χ0v) is 17.1. The highest BCUT2D eigenvalue weighted by atomic mass is 16.6. The van der Waals surface area contributed by atoms with Gasteiger partial charge in [0.1, 0.15) is 12.2 Å². The number of alkyl carbamates (subject to hydrolysis) is 1. The van der Waals surface area contributed by atoms with Crippen LogP contribution in [0, 0.1) is 11.3 Å². The number of nitriles is 1. The molecule has 0 aromatic carbocycles. The van der Waals surface area contributed by atoms with Gasteiger partial charge in [-0.1, -0.05) is 0 Å². The molecule has 1 fully saturated rings. The molecule has 1 aliphatic rings. The van der Waals surface area contributed by atoms with Crippen LogP contribution in [0.1, 0.15) is 39.2 Å². The molecule has 8 nitrogen and oxygen atoms in total. The van der Waals surface area contributed by atoms with Crippen LogP contribution < -0.4 is 10.9 Å². The first-order chi connectivity index (χ1) is 13.7. The third-order valence-electron chi connectivity index (χ3n) is 4.89. The average molecular weight is 397 g/mol. The summed E-state index contributed by atoms with van der Waals surface area (Å²) in [5, 5.41) is 11.9. The standard InChI is InChI=1S/C21H27N5O3/c1-21(2,3)24-20(28)29-16-6-8-25(9-7-16)10-11-26-18-12-15(13-22)14-23-17(18)4-5-19(26)27/h4-5,12,14,16H,6-11H2,1-3H3,(H,24,28). The number of fused-ring (bicyclic) bond motifs is 1. The first-order valence-corrected chi connectivity index (χ1v) is 9.86. The molecule has 0 saturated carbocycles. The Labute approximate surface area is 170 Å². The zero-order chi connectivity index (χ0) is 21.0. The number of ether oxygens (including phenoxy) is 1. The van der Waals surface area contributed by atoms with Crippen molar-refractivity contribution in [2.45, 2.75) is 51.8 Å². The molecular weight excluding hydrogens is 370 g/mol. The molecule has 0 unspecified atom stereocenters. The molecule has 1 saturated heterocycles. The van der Waals surface area contributed by atoms with E-state index < -0.39 is 0 Å². The molecular formula is C21H27N5O3. The van der Waals surface area contributed by atoms with Gasteiger partial charge in [0.2, 0.25) is 0 Å². The van der Waals surface area contributed by atoms with Gasteiger partial charge in [0.05, 0.1) is 16.6 Å². The van der Waals surface area contributed by atoms with E-state index >= 15 is 0 Å². The van der Waals surface area contributed by atoms with Crippen LogP contribution in [0.5, 0.6) is 0 Å². The number of nitrogens with one attached hydrogen (secondary N) is 1. The quantitative estimate of drug-likeness (QED) is 0.849. The van der Waals surface area contributed by atoms with Crippen molar-refractivity contribution < 1.29 is 9.53 Å². The number of carbonyl (C=O) groups is 1. The predicted octanol–water partition coefficient (Wildman–Crippen LogP) is 2.26. The molecule has 2 aromatic rings. The Morgan fingerprint density at radius 2 is 2.03 bits per heavy atom. The largest absolute Gasteiger partial charge is 0.446 e. The summed E-state index contributed by atoms with van der Waals surface area (Å²) in [6, 6.07) is 6.97. The molecule has 1 amide bonds. The molecule has 0 atom stereocenters. The summed E-state index contributed by atoms with van der Waals surface area (Å²) in [5.74, 6) is 0. The highest BCUT2D eigenvalue weighted by Gasteiger charge is 2.24. The molecule has 0 aliphatic carbocycles. The van der Waals surface area contributed by atoms with Crippen LogP contribution in [0.2, 0.25) is 0 Å². The summed E-state index contributed by atoms with van der Waals surface area (Å²) < 4.78 is 7.18. The normalized spacial score (nSPS) is 15.8. The lowest BCUT2D eigenvalue weighted by atomic mass is 10.1. The highest BCUT2D eigenvalue weighted by Crippen LogP contribution is 2.16. The van der Waals surface area contributed by atoms with Crippen molar-refractivity contribution in [1.29, 1.82) is 5.26 Å². The van der Waals surface area contributed by atoms with Gasteiger partial charge in [-0.3, -0.25) is 9.78 Å². The Bertz CT molecular complexity index is 978. The molecule has 0 spiro atoms.